The van der Waals surface area contributed by atoms with Crippen molar-refractivity contribution in [2.24, 2.45) is 5.10 Å². The second-order valence-electron chi connectivity index (χ2n) is 4.70. The molecular formula is C17H17ClN2O4. The van der Waals surface area contributed by atoms with Gasteiger partial charge in [0.2, 0.25) is 0 Å². The number of carbonyl (C=O) groups excluding carboxylic acids is 1. The monoisotopic (exact) mass is 348 g/mol. The molecule has 2 rings (SSSR count). The van der Waals surface area contributed by atoms with Gasteiger partial charge in [-0.2, -0.15) is 5.10 Å². The highest BCUT2D eigenvalue weighted by Crippen LogP contribution is 2.28. The van der Waals surface area contributed by atoms with E-state index in [9.17, 15) is 9.90 Å². The van der Waals surface area contributed by atoms with Crippen molar-refractivity contribution in [3.05, 3.63) is 52.5 Å². The number of methoxy groups -OCH3 is 1. The van der Waals surface area contributed by atoms with Gasteiger partial charge in [-0.15, -0.1) is 0 Å². The van der Waals surface area contributed by atoms with Crippen LogP contribution < -0.4 is 14.9 Å². The predicted molar refractivity (Wildman–Crippen MR) is 92.3 cm³/mol. The Hall–Kier alpha value is -2.73. The minimum atomic E-state index is -0.420. The van der Waals surface area contributed by atoms with Crippen LogP contribution in [0.4, 0.5) is 0 Å². The first-order valence-electron chi connectivity index (χ1n) is 7.18. The third-order valence-electron chi connectivity index (χ3n) is 3.08. The molecule has 0 aliphatic carbocycles. The zero-order valence-electron chi connectivity index (χ0n) is 13.2. The number of benzene rings is 2. The van der Waals surface area contributed by atoms with E-state index in [0.29, 0.717) is 34.3 Å². The highest BCUT2D eigenvalue weighted by Gasteiger charge is 2.10. The number of carbonyl (C=O) groups is 1. The summed E-state index contributed by atoms with van der Waals surface area (Å²) in [5.41, 5.74) is 3.14. The molecule has 24 heavy (non-hydrogen) atoms. The molecule has 126 valence electrons. The van der Waals surface area contributed by atoms with Gasteiger partial charge in [0, 0.05) is 16.1 Å². The molecule has 0 saturated heterocycles. The van der Waals surface area contributed by atoms with E-state index in [1.165, 1.54) is 25.5 Å². The summed E-state index contributed by atoms with van der Waals surface area (Å²) in [6, 6.07) is 9.36. The Morgan fingerprint density at radius 1 is 1.29 bits per heavy atom. The standard InChI is InChI=1S/C17H17ClN2O4/c1-3-24-16-9-11(4-7-15(16)23-2)17(22)20-19-10-12-8-13(18)5-6-14(12)21/h4-10,21H,3H2,1-2H3,(H,20,22)/b19-10+. The minimum absolute atomic E-state index is 0.0143. The molecule has 6 nitrogen and oxygen atoms in total. The molecule has 2 aromatic rings. The Labute approximate surface area is 144 Å². The summed E-state index contributed by atoms with van der Waals surface area (Å²) >= 11 is 5.84. The van der Waals surface area contributed by atoms with Crippen LogP contribution in [-0.2, 0) is 0 Å². The molecule has 7 heteroatoms. The molecule has 0 spiro atoms. The van der Waals surface area contributed by atoms with Gasteiger partial charge in [0.1, 0.15) is 5.75 Å². The normalized spacial score (nSPS) is 10.6. The third kappa shape index (κ3) is 4.39. The predicted octanol–water partition coefficient (Wildman–Crippen LogP) is 3.22. The first kappa shape index (κ1) is 17.6. The van der Waals surface area contributed by atoms with E-state index in [0.717, 1.165) is 0 Å². The highest BCUT2D eigenvalue weighted by atomic mass is 35.5. The average molecular weight is 349 g/mol. The molecule has 1 amide bonds. The minimum Gasteiger partial charge on any atom is -0.507 e. The number of halogens is 1. The number of hydrogen-bond acceptors (Lipinski definition) is 5. The maximum Gasteiger partial charge on any atom is 0.271 e. The van der Waals surface area contributed by atoms with Gasteiger partial charge in [-0.05, 0) is 43.3 Å². The number of hydrogen-bond donors (Lipinski definition) is 2. The Morgan fingerprint density at radius 2 is 2.08 bits per heavy atom. The Morgan fingerprint density at radius 3 is 2.79 bits per heavy atom. The lowest BCUT2D eigenvalue weighted by molar-refractivity contribution is 0.0954. The number of hydrazone groups is 1. The molecule has 0 radical (unpaired) electrons. The summed E-state index contributed by atoms with van der Waals surface area (Å²) in [6.45, 7) is 2.29. The number of phenols is 1. The lowest BCUT2D eigenvalue weighted by atomic mass is 10.2. The lowest BCUT2D eigenvalue weighted by Crippen LogP contribution is -2.17. The highest BCUT2D eigenvalue weighted by molar-refractivity contribution is 6.30. The summed E-state index contributed by atoms with van der Waals surface area (Å²) < 4.78 is 10.6. The van der Waals surface area contributed by atoms with Crippen LogP contribution in [-0.4, -0.2) is 30.9 Å². The molecule has 0 unspecified atom stereocenters. The zero-order valence-corrected chi connectivity index (χ0v) is 14.0. The molecule has 0 aliphatic heterocycles. The van der Waals surface area contributed by atoms with Crippen LogP contribution in [0.5, 0.6) is 17.2 Å². The molecule has 2 N–H and O–H groups in total. The van der Waals surface area contributed by atoms with Crippen LogP contribution in [0, 0.1) is 0 Å². The Balaban J connectivity index is 2.11. The van der Waals surface area contributed by atoms with Crippen LogP contribution in [0.2, 0.25) is 5.02 Å². The van der Waals surface area contributed by atoms with Gasteiger partial charge in [-0.1, -0.05) is 11.6 Å². The van der Waals surface area contributed by atoms with Crippen molar-refractivity contribution in [1.29, 1.82) is 0 Å². The second-order valence-corrected chi connectivity index (χ2v) is 5.14. The number of nitrogens with zero attached hydrogens (tertiary/aromatic N) is 1. The van der Waals surface area contributed by atoms with Gasteiger partial charge in [0.05, 0.1) is 19.9 Å². The van der Waals surface area contributed by atoms with E-state index in [2.05, 4.69) is 10.5 Å². The summed E-state index contributed by atoms with van der Waals surface area (Å²) in [5, 5.41) is 14.0. The largest absolute Gasteiger partial charge is 0.507 e. The average Bonchev–Trinajstić information content (AvgIpc) is 2.58. The van der Waals surface area contributed by atoms with E-state index in [4.69, 9.17) is 21.1 Å². The van der Waals surface area contributed by atoms with Crippen molar-refractivity contribution >= 4 is 23.7 Å². The van der Waals surface area contributed by atoms with Crippen molar-refractivity contribution in [3.63, 3.8) is 0 Å². The fourth-order valence-electron chi connectivity index (χ4n) is 1.94. The van der Waals surface area contributed by atoms with Crippen molar-refractivity contribution < 1.29 is 19.4 Å². The number of amides is 1. The smallest absolute Gasteiger partial charge is 0.271 e. The number of rotatable bonds is 6. The van der Waals surface area contributed by atoms with E-state index < -0.39 is 5.91 Å². The van der Waals surface area contributed by atoms with Gasteiger partial charge < -0.3 is 14.6 Å². The fraction of sp³-hybridized carbons (Fsp3) is 0.176. The number of aromatic hydroxyl groups is 1. The summed E-state index contributed by atoms with van der Waals surface area (Å²) in [4.78, 5) is 12.1. The van der Waals surface area contributed by atoms with Gasteiger partial charge in [-0.3, -0.25) is 4.79 Å². The van der Waals surface area contributed by atoms with Crippen LogP contribution in [0.25, 0.3) is 0 Å². The molecule has 0 fully saturated rings. The van der Waals surface area contributed by atoms with E-state index in [1.807, 2.05) is 6.92 Å². The maximum atomic E-state index is 12.1. The zero-order chi connectivity index (χ0) is 17.5. The summed E-state index contributed by atoms with van der Waals surface area (Å²) in [5.74, 6) is 0.613. The van der Waals surface area contributed by atoms with Crippen LogP contribution in [0.15, 0.2) is 41.5 Å². The van der Waals surface area contributed by atoms with Gasteiger partial charge >= 0.3 is 0 Å². The number of ether oxygens (including phenoxy) is 2. The molecule has 0 atom stereocenters. The van der Waals surface area contributed by atoms with Crippen LogP contribution >= 0.6 is 11.6 Å². The first-order valence-corrected chi connectivity index (χ1v) is 7.55. The lowest BCUT2D eigenvalue weighted by Gasteiger charge is -2.10. The molecular weight excluding hydrogens is 332 g/mol. The summed E-state index contributed by atoms with van der Waals surface area (Å²) in [6.07, 6.45) is 1.31. The maximum absolute atomic E-state index is 12.1. The van der Waals surface area contributed by atoms with Gasteiger partial charge in [0.15, 0.2) is 11.5 Å². The second kappa shape index (κ2) is 8.21. The van der Waals surface area contributed by atoms with E-state index >= 15 is 0 Å². The van der Waals surface area contributed by atoms with E-state index in [1.54, 1.807) is 24.3 Å². The third-order valence-corrected chi connectivity index (χ3v) is 3.32. The first-order chi connectivity index (χ1) is 11.5. The topological polar surface area (TPSA) is 80.2 Å². The van der Waals surface area contributed by atoms with Crippen LogP contribution in [0.1, 0.15) is 22.8 Å². The molecule has 0 aromatic heterocycles. The van der Waals surface area contributed by atoms with Crippen LogP contribution in [0.3, 0.4) is 0 Å². The van der Waals surface area contributed by atoms with Crippen molar-refractivity contribution in [2.45, 2.75) is 6.92 Å². The van der Waals surface area contributed by atoms with E-state index in [-0.39, 0.29) is 5.75 Å². The van der Waals surface area contributed by atoms with Gasteiger partial charge in [0.25, 0.3) is 5.91 Å². The molecule has 0 heterocycles. The molecule has 0 bridgehead atoms. The van der Waals surface area contributed by atoms with Crippen molar-refractivity contribution in [2.75, 3.05) is 13.7 Å². The Kier molecular flexibility index (Phi) is 6.03. The van der Waals surface area contributed by atoms with Gasteiger partial charge in [-0.25, -0.2) is 5.43 Å². The Bertz CT molecular complexity index is 762. The fourth-order valence-corrected chi connectivity index (χ4v) is 2.12. The molecule has 0 saturated carbocycles. The quantitative estimate of drug-likeness (QED) is 0.620. The molecule has 0 aliphatic rings. The van der Waals surface area contributed by atoms with Crippen molar-refractivity contribution in [3.8, 4) is 17.2 Å². The summed E-state index contributed by atoms with van der Waals surface area (Å²) in [7, 11) is 1.53. The molecule has 2 aromatic carbocycles. The SMILES string of the molecule is CCOc1cc(C(=O)N/N=C/c2cc(Cl)ccc2O)ccc1OC. The number of phenolic OH excluding ortho intramolecular Hbond substituents is 1. The van der Waals surface area contributed by atoms with Crippen molar-refractivity contribution in [1.82, 2.24) is 5.43 Å². The number of nitrogens with one attached hydrogen (secondary N) is 1.